The van der Waals surface area contributed by atoms with Crippen LogP contribution in [0.2, 0.25) is 0 Å². The van der Waals surface area contributed by atoms with Crippen molar-refractivity contribution < 1.29 is 25.2 Å². The Hall–Kier alpha value is -0.730. The summed E-state index contributed by atoms with van der Waals surface area (Å²) in [5, 5.41) is 35.9. The van der Waals surface area contributed by atoms with E-state index in [9.17, 15) is 4.79 Å². The smallest absolute Gasteiger partial charge is 0.267 e. The van der Waals surface area contributed by atoms with Gasteiger partial charge >= 0.3 is 0 Å². The Balaban J connectivity index is 4.24. The topological polar surface area (TPSA) is 127 Å². The van der Waals surface area contributed by atoms with Crippen LogP contribution >= 0.6 is 0 Å². The van der Waals surface area contributed by atoms with Crippen molar-refractivity contribution in [1.29, 1.82) is 0 Å². The van der Waals surface area contributed by atoms with E-state index in [-0.39, 0.29) is 0 Å². The van der Waals surface area contributed by atoms with E-state index in [1.165, 1.54) is 7.05 Å². The Morgan fingerprint density at radius 3 is 2.23 bits per heavy atom. The lowest BCUT2D eigenvalue weighted by molar-refractivity contribution is -0.151. The van der Waals surface area contributed by atoms with Gasteiger partial charge in [0.05, 0.1) is 6.61 Å². The third-order valence-electron chi connectivity index (χ3n) is 1.51. The van der Waals surface area contributed by atoms with E-state index < -0.39 is 30.8 Å². The number of nitrogens with two attached hydrogens (primary N) is 1. The van der Waals surface area contributed by atoms with E-state index in [1.807, 2.05) is 0 Å². The SMILES string of the molecule is CN(N)C(=O)[C@H](O)[C@@H](O)[C@H](O)CO. The van der Waals surface area contributed by atoms with E-state index in [1.54, 1.807) is 0 Å². The van der Waals surface area contributed by atoms with Gasteiger partial charge in [0.15, 0.2) is 6.10 Å². The molecule has 0 aliphatic rings. The van der Waals surface area contributed by atoms with Crippen molar-refractivity contribution in [2.45, 2.75) is 18.3 Å². The highest BCUT2D eigenvalue weighted by Gasteiger charge is 2.30. The molecule has 0 spiro atoms. The zero-order valence-corrected chi connectivity index (χ0v) is 7.16. The normalized spacial score (nSPS) is 17.7. The quantitative estimate of drug-likeness (QED) is 0.179. The van der Waals surface area contributed by atoms with Crippen molar-refractivity contribution in [3.8, 4) is 0 Å². The van der Waals surface area contributed by atoms with Gasteiger partial charge in [-0.2, -0.15) is 0 Å². The van der Waals surface area contributed by atoms with Crippen LogP contribution in [0.3, 0.4) is 0 Å². The fraction of sp³-hybridized carbons (Fsp3) is 0.833. The summed E-state index contributed by atoms with van der Waals surface area (Å²) < 4.78 is 0. The van der Waals surface area contributed by atoms with Gasteiger partial charge in [0, 0.05) is 7.05 Å². The molecule has 1 amide bonds. The van der Waals surface area contributed by atoms with Crippen LogP contribution in [-0.4, -0.2) is 63.3 Å². The summed E-state index contributed by atoms with van der Waals surface area (Å²) in [4.78, 5) is 10.9. The van der Waals surface area contributed by atoms with Gasteiger partial charge in [0.2, 0.25) is 0 Å². The van der Waals surface area contributed by atoms with Gasteiger partial charge in [-0.25, -0.2) is 5.84 Å². The van der Waals surface area contributed by atoms with Gasteiger partial charge in [-0.15, -0.1) is 0 Å². The molecule has 0 aromatic carbocycles. The summed E-state index contributed by atoms with van der Waals surface area (Å²) in [6, 6.07) is 0. The van der Waals surface area contributed by atoms with Crippen LogP contribution in [0.1, 0.15) is 0 Å². The lowest BCUT2D eigenvalue weighted by atomic mass is 10.1. The molecule has 0 rings (SSSR count). The zero-order chi connectivity index (χ0) is 10.6. The highest BCUT2D eigenvalue weighted by atomic mass is 16.4. The number of carbonyl (C=O) groups is 1. The van der Waals surface area contributed by atoms with Gasteiger partial charge < -0.3 is 20.4 Å². The number of carbonyl (C=O) groups excluding carboxylic acids is 1. The lowest BCUT2D eigenvalue weighted by Crippen LogP contribution is -2.50. The molecular formula is C6H14N2O5. The number of hydrogen-bond acceptors (Lipinski definition) is 6. The van der Waals surface area contributed by atoms with Crippen molar-refractivity contribution in [1.82, 2.24) is 5.01 Å². The summed E-state index contributed by atoms with van der Waals surface area (Å²) in [5.41, 5.74) is 0. The Bertz CT molecular complexity index is 174. The number of hydrogen-bond donors (Lipinski definition) is 5. The predicted octanol–water partition coefficient (Wildman–Crippen LogP) is -3.61. The molecule has 0 unspecified atom stereocenters. The van der Waals surface area contributed by atoms with Crippen molar-refractivity contribution in [3.05, 3.63) is 0 Å². The molecule has 0 aliphatic carbocycles. The molecule has 7 nitrogen and oxygen atoms in total. The summed E-state index contributed by atoms with van der Waals surface area (Å²) in [7, 11) is 1.18. The number of aliphatic hydroxyl groups excluding tert-OH is 4. The second-order valence-corrected chi connectivity index (χ2v) is 2.63. The third-order valence-corrected chi connectivity index (χ3v) is 1.51. The van der Waals surface area contributed by atoms with Gasteiger partial charge in [-0.3, -0.25) is 9.80 Å². The Morgan fingerprint density at radius 1 is 1.46 bits per heavy atom. The summed E-state index contributed by atoms with van der Waals surface area (Å²) in [5.74, 6) is 4.04. The minimum Gasteiger partial charge on any atom is -0.394 e. The van der Waals surface area contributed by atoms with Crippen molar-refractivity contribution in [2.75, 3.05) is 13.7 Å². The maximum Gasteiger partial charge on any atom is 0.267 e. The van der Waals surface area contributed by atoms with Gasteiger partial charge in [-0.1, -0.05) is 0 Å². The minimum absolute atomic E-state index is 0.581. The second kappa shape index (κ2) is 5.10. The van der Waals surface area contributed by atoms with Crippen LogP contribution in [0.15, 0.2) is 0 Å². The standard InChI is InChI=1S/C6H14N2O5/c1-8(7)6(13)5(12)4(11)3(10)2-9/h3-5,9-12H,2,7H2,1H3/t3-,4+,5-/m1/s1. The molecule has 78 valence electrons. The molecule has 0 heterocycles. The van der Waals surface area contributed by atoms with Crippen molar-refractivity contribution in [3.63, 3.8) is 0 Å². The average molecular weight is 194 g/mol. The van der Waals surface area contributed by atoms with Gasteiger partial charge in [0.25, 0.3) is 5.91 Å². The van der Waals surface area contributed by atoms with Crippen molar-refractivity contribution in [2.24, 2.45) is 5.84 Å². The zero-order valence-electron chi connectivity index (χ0n) is 7.16. The Morgan fingerprint density at radius 2 is 1.92 bits per heavy atom. The molecule has 6 N–H and O–H groups in total. The van der Waals surface area contributed by atoms with E-state index in [0.29, 0.717) is 5.01 Å². The van der Waals surface area contributed by atoms with E-state index in [4.69, 9.17) is 26.3 Å². The van der Waals surface area contributed by atoms with Crippen LogP contribution in [0.25, 0.3) is 0 Å². The number of aliphatic hydroxyl groups is 4. The number of rotatable bonds is 4. The molecular weight excluding hydrogens is 180 g/mol. The molecule has 0 aromatic rings. The first-order valence-electron chi connectivity index (χ1n) is 3.59. The monoisotopic (exact) mass is 194 g/mol. The first-order valence-corrected chi connectivity index (χ1v) is 3.59. The maximum atomic E-state index is 10.9. The van der Waals surface area contributed by atoms with Crippen LogP contribution < -0.4 is 5.84 Å². The van der Waals surface area contributed by atoms with Gasteiger partial charge in [-0.05, 0) is 0 Å². The lowest BCUT2D eigenvalue weighted by Gasteiger charge is -2.22. The highest BCUT2D eigenvalue weighted by molar-refractivity contribution is 5.80. The van der Waals surface area contributed by atoms with Crippen LogP contribution in [-0.2, 0) is 4.79 Å². The molecule has 0 fully saturated rings. The van der Waals surface area contributed by atoms with Crippen LogP contribution in [0, 0.1) is 0 Å². The maximum absolute atomic E-state index is 10.9. The van der Waals surface area contributed by atoms with Crippen molar-refractivity contribution >= 4 is 5.91 Å². The summed E-state index contributed by atoms with van der Waals surface area (Å²) in [6.45, 7) is -0.750. The predicted molar refractivity (Wildman–Crippen MR) is 42.1 cm³/mol. The third kappa shape index (κ3) is 3.25. The molecule has 0 radical (unpaired) electrons. The highest BCUT2D eigenvalue weighted by Crippen LogP contribution is 2.01. The molecule has 0 saturated carbocycles. The van der Waals surface area contributed by atoms with E-state index >= 15 is 0 Å². The van der Waals surface area contributed by atoms with Gasteiger partial charge in [0.1, 0.15) is 12.2 Å². The van der Waals surface area contributed by atoms with Crippen LogP contribution in [0.4, 0.5) is 0 Å². The number of hydrazine groups is 1. The fourth-order valence-electron chi connectivity index (χ4n) is 0.673. The molecule has 0 bridgehead atoms. The summed E-state index contributed by atoms with van der Waals surface area (Å²) in [6.07, 6.45) is -5.15. The van der Waals surface area contributed by atoms with Crippen LogP contribution in [0.5, 0.6) is 0 Å². The fourth-order valence-corrected chi connectivity index (χ4v) is 0.673. The molecule has 0 saturated heterocycles. The largest absolute Gasteiger partial charge is 0.394 e. The molecule has 13 heavy (non-hydrogen) atoms. The number of nitrogens with zero attached hydrogens (tertiary/aromatic N) is 1. The average Bonchev–Trinajstić information content (AvgIpc) is 2.12. The second-order valence-electron chi connectivity index (χ2n) is 2.63. The van der Waals surface area contributed by atoms with E-state index in [0.717, 1.165) is 0 Å². The first kappa shape index (κ1) is 12.3. The number of likely N-dealkylation sites (N-methyl/N-ethyl adjacent to an activating group) is 1. The molecule has 7 heteroatoms. The Labute approximate surface area is 75.0 Å². The number of amides is 1. The van der Waals surface area contributed by atoms with E-state index in [2.05, 4.69) is 0 Å². The summed E-state index contributed by atoms with van der Waals surface area (Å²) >= 11 is 0. The molecule has 0 aliphatic heterocycles. The Kier molecular flexibility index (Phi) is 4.81. The molecule has 3 atom stereocenters. The minimum atomic E-state index is -1.84. The molecule has 0 aromatic heterocycles. The first-order chi connectivity index (χ1) is 5.91.